The molecule has 3 unspecified atom stereocenters. The van der Waals surface area contributed by atoms with Crippen LogP contribution >= 0.6 is 0 Å². The minimum absolute atomic E-state index is 0.0987. The van der Waals surface area contributed by atoms with Gasteiger partial charge >= 0.3 is 5.97 Å². The van der Waals surface area contributed by atoms with E-state index < -0.39 is 41.2 Å². The smallest absolute Gasteiger partial charge is 0.375 e. The van der Waals surface area contributed by atoms with Crippen molar-refractivity contribution < 1.29 is 27.9 Å². The van der Waals surface area contributed by atoms with Crippen molar-refractivity contribution in [1.29, 1.82) is 0 Å². The fraction of sp³-hybridized carbons (Fsp3) is 0.727. The lowest BCUT2D eigenvalue weighted by molar-refractivity contribution is -0.155. The summed E-state index contributed by atoms with van der Waals surface area (Å²) in [5, 5.41) is 0. The quantitative estimate of drug-likeness (QED) is 0.414. The summed E-state index contributed by atoms with van der Waals surface area (Å²) >= 11 is 0. The maximum atomic E-state index is 13.4. The number of ketones is 2. The zero-order valence-corrected chi connectivity index (χ0v) is 9.24. The summed E-state index contributed by atoms with van der Waals surface area (Å²) in [6.07, 6.45) is -0.445. The van der Waals surface area contributed by atoms with Crippen molar-refractivity contribution in [3.63, 3.8) is 0 Å². The van der Waals surface area contributed by atoms with Crippen molar-refractivity contribution in [2.75, 3.05) is 7.11 Å². The SMILES string of the molecule is COC(=O)C(=O)C1CC2C(CCC2(F)F)C1=O. The second-order valence-electron chi connectivity index (χ2n) is 4.56. The molecule has 4 nitrogen and oxygen atoms in total. The highest BCUT2D eigenvalue weighted by Gasteiger charge is 2.60. The van der Waals surface area contributed by atoms with E-state index in [9.17, 15) is 23.2 Å². The summed E-state index contributed by atoms with van der Waals surface area (Å²) in [6.45, 7) is 0. The molecule has 2 saturated carbocycles. The Kier molecular flexibility index (Phi) is 2.75. The molecule has 0 aromatic carbocycles. The van der Waals surface area contributed by atoms with Crippen LogP contribution in [0.1, 0.15) is 19.3 Å². The van der Waals surface area contributed by atoms with Crippen molar-refractivity contribution in [3.8, 4) is 0 Å². The van der Waals surface area contributed by atoms with Crippen molar-refractivity contribution >= 4 is 17.5 Å². The molecule has 2 aliphatic rings. The Labute approximate surface area is 96.3 Å². The second-order valence-corrected chi connectivity index (χ2v) is 4.56. The van der Waals surface area contributed by atoms with Crippen LogP contribution in [0.5, 0.6) is 0 Å². The van der Waals surface area contributed by atoms with E-state index in [0.29, 0.717) is 0 Å². The molecule has 0 aromatic rings. The van der Waals surface area contributed by atoms with Crippen LogP contribution in [0.4, 0.5) is 8.78 Å². The summed E-state index contributed by atoms with van der Waals surface area (Å²) in [4.78, 5) is 34.3. The average Bonchev–Trinajstić information content (AvgIpc) is 2.76. The molecule has 0 aliphatic heterocycles. The molecule has 2 rings (SSSR count). The molecule has 0 amide bonds. The monoisotopic (exact) mass is 246 g/mol. The third-order valence-electron chi connectivity index (χ3n) is 3.72. The highest BCUT2D eigenvalue weighted by molar-refractivity contribution is 6.38. The van der Waals surface area contributed by atoms with Crippen LogP contribution in [0.15, 0.2) is 0 Å². The van der Waals surface area contributed by atoms with E-state index in [1.807, 2.05) is 0 Å². The number of fused-ring (bicyclic) bond motifs is 1. The molecule has 0 N–H and O–H groups in total. The Morgan fingerprint density at radius 1 is 1.41 bits per heavy atom. The third kappa shape index (κ3) is 1.75. The average molecular weight is 246 g/mol. The zero-order chi connectivity index (χ0) is 12.8. The Balaban J connectivity index is 2.18. The molecule has 0 spiro atoms. The normalized spacial score (nSPS) is 34.5. The lowest BCUT2D eigenvalue weighted by Crippen LogP contribution is -2.29. The number of halogens is 2. The van der Waals surface area contributed by atoms with E-state index in [1.54, 1.807) is 0 Å². The fourth-order valence-corrected chi connectivity index (χ4v) is 2.81. The maximum Gasteiger partial charge on any atom is 0.375 e. The van der Waals surface area contributed by atoms with Gasteiger partial charge in [-0.05, 0) is 12.8 Å². The summed E-state index contributed by atoms with van der Waals surface area (Å²) in [7, 11) is 1.02. The topological polar surface area (TPSA) is 60.4 Å². The molecule has 94 valence electrons. The first-order valence-electron chi connectivity index (χ1n) is 5.42. The Morgan fingerprint density at radius 3 is 2.59 bits per heavy atom. The van der Waals surface area contributed by atoms with Gasteiger partial charge in [0.05, 0.1) is 13.0 Å². The molecule has 0 heterocycles. The molecule has 2 aliphatic carbocycles. The highest BCUT2D eigenvalue weighted by atomic mass is 19.3. The van der Waals surface area contributed by atoms with E-state index in [2.05, 4.69) is 4.74 Å². The van der Waals surface area contributed by atoms with Gasteiger partial charge in [-0.3, -0.25) is 9.59 Å². The predicted octanol–water partition coefficient (Wildman–Crippen LogP) is 0.979. The first-order chi connectivity index (χ1) is 7.88. The first kappa shape index (κ1) is 12.1. The van der Waals surface area contributed by atoms with Gasteiger partial charge in [-0.15, -0.1) is 0 Å². The summed E-state index contributed by atoms with van der Waals surface area (Å²) in [5.74, 6) is -8.65. The van der Waals surface area contributed by atoms with Crippen LogP contribution in [0, 0.1) is 17.8 Å². The minimum Gasteiger partial charge on any atom is -0.463 e. The van der Waals surface area contributed by atoms with Gasteiger partial charge in [0.2, 0.25) is 5.78 Å². The Hall–Kier alpha value is -1.33. The van der Waals surface area contributed by atoms with Crippen LogP contribution in [0.3, 0.4) is 0 Å². The molecular formula is C11H12F2O4. The van der Waals surface area contributed by atoms with Gasteiger partial charge in [0.25, 0.3) is 5.92 Å². The van der Waals surface area contributed by atoms with Crippen molar-refractivity contribution in [2.45, 2.75) is 25.2 Å². The molecule has 0 saturated heterocycles. The second kappa shape index (κ2) is 3.85. The lowest BCUT2D eigenvalue weighted by atomic mass is 9.97. The van der Waals surface area contributed by atoms with Crippen molar-refractivity contribution in [1.82, 2.24) is 0 Å². The van der Waals surface area contributed by atoms with E-state index >= 15 is 0 Å². The highest BCUT2D eigenvalue weighted by Crippen LogP contribution is 2.52. The molecule has 0 aromatic heterocycles. The molecule has 0 radical (unpaired) electrons. The molecular weight excluding hydrogens is 234 g/mol. The first-order valence-corrected chi connectivity index (χ1v) is 5.42. The summed E-state index contributed by atoms with van der Waals surface area (Å²) < 4.78 is 31.0. The summed E-state index contributed by atoms with van der Waals surface area (Å²) in [5.41, 5.74) is 0. The number of methoxy groups -OCH3 is 1. The number of esters is 1. The standard InChI is InChI=1S/C11H12F2O4/c1-17-10(16)9(15)6-4-7-5(8(6)14)2-3-11(7,12)13/h5-7H,2-4H2,1H3. The van der Waals surface area contributed by atoms with Crippen molar-refractivity contribution in [3.05, 3.63) is 0 Å². The van der Waals surface area contributed by atoms with Crippen LogP contribution in [-0.2, 0) is 19.1 Å². The number of Topliss-reactive ketones (excluding diaryl/α,β-unsaturated/α-hetero) is 2. The Bertz CT molecular complexity index is 391. The number of rotatable bonds is 2. The van der Waals surface area contributed by atoms with Gasteiger partial charge < -0.3 is 4.74 Å². The number of hydrogen-bond donors (Lipinski definition) is 0. The largest absolute Gasteiger partial charge is 0.463 e. The zero-order valence-electron chi connectivity index (χ0n) is 9.24. The molecule has 17 heavy (non-hydrogen) atoms. The van der Waals surface area contributed by atoms with Gasteiger partial charge in [0, 0.05) is 18.3 Å². The third-order valence-corrected chi connectivity index (χ3v) is 3.72. The van der Waals surface area contributed by atoms with E-state index in [4.69, 9.17) is 0 Å². The predicted molar refractivity (Wildman–Crippen MR) is 51.3 cm³/mol. The summed E-state index contributed by atoms with van der Waals surface area (Å²) in [6, 6.07) is 0. The van der Waals surface area contributed by atoms with Gasteiger partial charge in [0.1, 0.15) is 5.78 Å². The number of ether oxygens (including phenoxy) is 1. The number of carbonyl (C=O) groups excluding carboxylic acids is 3. The van der Waals surface area contributed by atoms with E-state index in [1.165, 1.54) is 0 Å². The van der Waals surface area contributed by atoms with Crippen molar-refractivity contribution in [2.24, 2.45) is 17.8 Å². The van der Waals surface area contributed by atoms with Crippen LogP contribution in [0.2, 0.25) is 0 Å². The molecule has 6 heteroatoms. The van der Waals surface area contributed by atoms with Gasteiger partial charge in [-0.25, -0.2) is 13.6 Å². The van der Waals surface area contributed by atoms with Crippen LogP contribution in [0.25, 0.3) is 0 Å². The van der Waals surface area contributed by atoms with Crippen LogP contribution < -0.4 is 0 Å². The van der Waals surface area contributed by atoms with Gasteiger partial charge in [-0.2, -0.15) is 0 Å². The maximum absolute atomic E-state index is 13.4. The Morgan fingerprint density at radius 2 is 2.06 bits per heavy atom. The molecule has 2 fully saturated rings. The number of alkyl halides is 2. The van der Waals surface area contributed by atoms with Crippen LogP contribution in [-0.4, -0.2) is 30.6 Å². The number of carbonyl (C=O) groups is 3. The van der Waals surface area contributed by atoms with Gasteiger partial charge in [0.15, 0.2) is 0 Å². The lowest BCUT2D eigenvalue weighted by Gasteiger charge is -2.16. The molecule has 3 atom stereocenters. The molecule has 0 bridgehead atoms. The van der Waals surface area contributed by atoms with Gasteiger partial charge in [-0.1, -0.05) is 0 Å². The fourth-order valence-electron chi connectivity index (χ4n) is 2.81. The van der Waals surface area contributed by atoms with E-state index in [0.717, 1.165) is 7.11 Å². The number of hydrogen-bond acceptors (Lipinski definition) is 4. The van der Waals surface area contributed by atoms with E-state index in [-0.39, 0.29) is 19.3 Å². The minimum atomic E-state index is -2.90.